The average molecular weight is 281 g/mol. The summed E-state index contributed by atoms with van der Waals surface area (Å²) in [6.45, 7) is 2.66. The Morgan fingerprint density at radius 1 is 1.10 bits per heavy atom. The fraction of sp³-hybridized carbons (Fsp3) is 0.429. The van der Waals surface area contributed by atoms with Crippen LogP contribution < -0.4 is 16.2 Å². The molecule has 20 heavy (non-hydrogen) atoms. The monoisotopic (exact) mass is 281 g/mol. The average Bonchev–Trinajstić information content (AvgIpc) is 2.44. The van der Waals surface area contributed by atoms with Crippen LogP contribution in [0, 0.1) is 5.82 Å². The molecule has 0 aliphatic carbocycles. The molecule has 3 amide bonds. The normalized spacial score (nSPS) is 9.90. The molecule has 0 saturated heterocycles. The molecule has 1 aromatic carbocycles. The summed E-state index contributed by atoms with van der Waals surface area (Å²) in [7, 11) is 0. The van der Waals surface area contributed by atoms with Crippen LogP contribution in [0.2, 0.25) is 0 Å². The highest BCUT2D eigenvalue weighted by atomic mass is 19.1. The summed E-state index contributed by atoms with van der Waals surface area (Å²) in [6.07, 6.45) is 3.12. The SMILES string of the molecule is CCCCCNC(=O)NNC(=O)Cc1ccc(F)cc1. The molecule has 110 valence electrons. The van der Waals surface area contributed by atoms with Crippen molar-refractivity contribution in [3.63, 3.8) is 0 Å². The first-order valence-corrected chi connectivity index (χ1v) is 6.69. The van der Waals surface area contributed by atoms with E-state index in [9.17, 15) is 14.0 Å². The summed E-state index contributed by atoms with van der Waals surface area (Å²) in [6, 6.07) is 5.19. The van der Waals surface area contributed by atoms with Gasteiger partial charge in [-0.3, -0.25) is 10.2 Å². The van der Waals surface area contributed by atoms with Crippen LogP contribution in [0.25, 0.3) is 0 Å². The second-order valence-electron chi connectivity index (χ2n) is 4.44. The predicted octanol–water partition coefficient (Wildman–Crippen LogP) is 1.89. The summed E-state index contributed by atoms with van der Waals surface area (Å²) < 4.78 is 12.7. The predicted molar refractivity (Wildman–Crippen MR) is 74.3 cm³/mol. The van der Waals surface area contributed by atoms with Gasteiger partial charge in [0.15, 0.2) is 0 Å². The summed E-state index contributed by atoms with van der Waals surface area (Å²) in [5.74, 6) is -0.709. The van der Waals surface area contributed by atoms with Gasteiger partial charge < -0.3 is 5.32 Å². The van der Waals surface area contributed by atoms with Gasteiger partial charge in [0.2, 0.25) is 5.91 Å². The van der Waals surface area contributed by atoms with Gasteiger partial charge in [-0.05, 0) is 24.1 Å². The lowest BCUT2D eigenvalue weighted by Gasteiger charge is -2.08. The van der Waals surface area contributed by atoms with Crippen molar-refractivity contribution in [2.45, 2.75) is 32.6 Å². The number of unbranched alkanes of at least 4 members (excludes halogenated alkanes) is 2. The van der Waals surface area contributed by atoms with Crippen molar-refractivity contribution in [3.8, 4) is 0 Å². The third kappa shape index (κ3) is 6.72. The molecule has 3 N–H and O–H groups in total. The third-order valence-electron chi connectivity index (χ3n) is 2.66. The Hall–Kier alpha value is -2.11. The van der Waals surface area contributed by atoms with Gasteiger partial charge in [0, 0.05) is 6.54 Å². The largest absolute Gasteiger partial charge is 0.337 e. The van der Waals surface area contributed by atoms with Crippen molar-refractivity contribution in [1.82, 2.24) is 16.2 Å². The molecule has 0 aliphatic heterocycles. The van der Waals surface area contributed by atoms with Crippen molar-refractivity contribution in [2.75, 3.05) is 6.54 Å². The van der Waals surface area contributed by atoms with Crippen LogP contribution in [0.4, 0.5) is 9.18 Å². The van der Waals surface area contributed by atoms with Crippen LogP contribution in [0.3, 0.4) is 0 Å². The Balaban J connectivity index is 2.19. The molecule has 1 rings (SSSR count). The van der Waals surface area contributed by atoms with Gasteiger partial charge in [-0.25, -0.2) is 14.6 Å². The Morgan fingerprint density at radius 3 is 2.45 bits per heavy atom. The van der Waals surface area contributed by atoms with Crippen LogP contribution in [0.15, 0.2) is 24.3 Å². The molecule has 0 aliphatic rings. The number of hydrogen-bond acceptors (Lipinski definition) is 2. The zero-order valence-electron chi connectivity index (χ0n) is 11.5. The first kappa shape index (κ1) is 15.9. The van der Waals surface area contributed by atoms with E-state index in [0.717, 1.165) is 19.3 Å². The molecule has 0 heterocycles. The number of halogens is 1. The maximum atomic E-state index is 12.7. The molecule has 0 spiro atoms. The summed E-state index contributed by atoms with van der Waals surface area (Å²) in [4.78, 5) is 22.9. The summed E-state index contributed by atoms with van der Waals surface area (Å²) in [5, 5.41) is 2.63. The van der Waals surface area contributed by atoms with Crippen LogP contribution in [0.1, 0.15) is 31.7 Å². The molecular formula is C14H20FN3O2. The molecule has 1 aromatic rings. The van der Waals surface area contributed by atoms with Crippen LogP contribution in [-0.4, -0.2) is 18.5 Å². The molecule has 5 nitrogen and oxygen atoms in total. The van der Waals surface area contributed by atoms with Crippen molar-refractivity contribution >= 4 is 11.9 Å². The first-order chi connectivity index (χ1) is 9.61. The van der Waals surface area contributed by atoms with Crippen molar-refractivity contribution < 1.29 is 14.0 Å². The van der Waals surface area contributed by atoms with Gasteiger partial charge in [-0.15, -0.1) is 0 Å². The lowest BCUT2D eigenvalue weighted by atomic mass is 10.1. The van der Waals surface area contributed by atoms with Gasteiger partial charge >= 0.3 is 6.03 Å². The maximum absolute atomic E-state index is 12.7. The number of rotatable bonds is 6. The van der Waals surface area contributed by atoms with Gasteiger partial charge in [0.05, 0.1) is 6.42 Å². The Bertz CT molecular complexity index is 435. The highest BCUT2D eigenvalue weighted by Crippen LogP contribution is 2.02. The van der Waals surface area contributed by atoms with Crippen molar-refractivity contribution in [2.24, 2.45) is 0 Å². The minimum absolute atomic E-state index is 0.0798. The van der Waals surface area contributed by atoms with Gasteiger partial charge in [0.25, 0.3) is 0 Å². The highest BCUT2D eigenvalue weighted by Gasteiger charge is 2.05. The van der Waals surface area contributed by atoms with E-state index < -0.39 is 6.03 Å². The van der Waals surface area contributed by atoms with E-state index in [1.54, 1.807) is 0 Å². The zero-order chi connectivity index (χ0) is 14.8. The Labute approximate surface area is 117 Å². The molecule has 6 heteroatoms. The quantitative estimate of drug-likeness (QED) is 0.550. The third-order valence-corrected chi connectivity index (χ3v) is 2.66. The highest BCUT2D eigenvalue weighted by molar-refractivity contribution is 5.82. The Morgan fingerprint density at radius 2 is 1.80 bits per heavy atom. The fourth-order valence-corrected chi connectivity index (χ4v) is 1.58. The molecule has 0 radical (unpaired) electrons. The number of hydrogen-bond donors (Lipinski definition) is 3. The molecule has 0 saturated carbocycles. The van der Waals surface area contributed by atoms with E-state index >= 15 is 0 Å². The lowest BCUT2D eigenvalue weighted by Crippen LogP contribution is -2.47. The van der Waals surface area contributed by atoms with Gasteiger partial charge in [-0.1, -0.05) is 31.9 Å². The fourth-order valence-electron chi connectivity index (χ4n) is 1.58. The molecule has 0 unspecified atom stereocenters. The minimum Gasteiger partial charge on any atom is -0.337 e. The number of amides is 3. The Kier molecular flexibility index (Phi) is 7.10. The van der Waals surface area contributed by atoms with E-state index in [2.05, 4.69) is 23.1 Å². The zero-order valence-corrected chi connectivity index (χ0v) is 11.5. The van der Waals surface area contributed by atoms with Gasteiger partial charge in [0.1, 0.15) is 5.82 Å². The van der Waals surface area contributed by atoms with Crippen molar-refractivity contribution in [1.29, 1.82) is 0 Å². The number of hydrazine groups is 1. The number of urea groups is 1. The first-order valence-electron chi connectivity index (χ1n) is 6.69. The standard InChI is InChI=1S/C14H20FN3O2/c1-2-3-4-9-16-14(20)18-17-13(19)10-11-5-7-12(15)8-6-11/h5-8H,2-4,9-10H2,1H3,(H,17,19)(H2,16,18,20). The maximum Gasteiger partial charge on any atom is 0.333 e. The molecule has 0 bridgehead atoms. The number of nitrogens with one attached hydrogen (secondary N) is 3. The van der Waals surface area contributed by atoms with E-state index in [1.165, 1.54) is 24.3 Å². The number of carbonyl (C=O) groups excluding carboxylic acids is 2. The van der Waals surface area contributed by atoms with E-state index in [1.807, 2.05) is 0 Å². The van der Waals surface area contributed by atoms with E-state index in [-0.39, 0.29) is 18.1 Å². The smallest absolute Gasteiger partial charge is 0.333 e. The number of carbonyl (C=O) groups is 2. The second-order valence-corrected chi connectivity index (χ2v) is 4.44. The summed E-state index contributed by atoms with van der Waals surface area (Å²) in [5.41, 5.74) is 5.23. The number of benzene rings is 1. The second kappa shape index (κ2) is 8.90. The van der Waals surface area contributed by atoms with Gasteiger partial charge in [-0.2, -0.15) is 0 Å². The van der Waals surface area contributed by atoms with Crippen LogP contribution >= 0.6 is 0 Å². The minimum atomic E-state index is -0.437. The molecule has 0 atom stereocenters. The molecular weight excluding hydrogens is 261 g/mol. The topological polar surface area (TPSA) is 70.2 Å². The van der Waals surface area contributed by atoms with E-state index in [4.69, 9.17) is 0 Å². The summed E-state index contributed by atoms with van der Waals surface area (Å²) >= 11 is 0. The molecule has 0 aromatic heterocycles. The van der Waals surface area contributed by atoms with Crippen molar-refractivity contribution in [3.05, 3.63) is 35.6 Å². The molecule has 0 fully saturated rings. The van der Waals surface area contributed by atoms with E-state index in [0.29, 0.717) is 12.1 Å². The lowest BCUT2D eigenvalue weighted by molar-refractivity contribution is -0.121. The van der Waals surface area contributed by atoms with Crippen LogP contribution in [0.5, 0.6) is 0 Å². The van der Waals surface area contributed by atoms with Crippen LogP contribution in [-0.2, 0) is 11.2 Å².